The quantitative estimate of drug-likeness (QED) is 0.304. The van der Waals surface area contributed by atoms with Gasteiger partial charge in [0, 0.05) is 17.4 Å². The number of hydrogen-bond acceptors (Lipinski definition) is 3. The first-order valence-electron chi connectivity index (χ1n) is 11.7. The van der Waals surface area contributed by atoms with Gasteiger partial charge in [0.15, 0.2) is 0 Å². The first-order valence-corrected chi connectivity index (χ1v) is 12.1. The van der Waals surface area contributed by atoms with Crippen LogP contribution < -0.4 is 5.32 Å². The number of alkyl carbamates (subject to hydrolysis) is 1. The summed E-state index contributed by atoms with van der Waals surface area (Å²) in [5.41, 5.74) is 7.26. The van der Waals surface area contributed by atoms with Gasteiger partial charge in [-0.25, -0.2) is 9.59 Å². The molecule has 180 valence electrons. The van der Waals surface area contributed by atoms with Gasteiger partial charge in [0.05, 0.1) is 0 Å². The maximum Gasteiger partial charge on any atom is 0.407 e. The molecule has 4 aromatic rings. The SMILES string of the molecule is O=C(N[C@@H](Cc1ccc(-c2ccc(Cl)cc2)cc1)C(=O)O)OCC1c2ccccc2-c2ccccc21. The van der Waals surface area contributed by atoms with Crippen molar-refractivity contribution >= 4 is 23.7 Å². The molecule has 0 aromatic heterocycles. The molecule has 0 bridgehead atoms. The Kier molecular flexibility index (Phi) is 6.74. The first-order chi connectivity index (χ1) is 17.5. The van der Waals surface area contributed by atoms with Gasteiger partial charge in [0.2, 0.25) is 0 Å². The Balaban J connectivity index is 1.22. The third-order valence-corrected chi connectivity index (χ3v) is 6.76. The number of fused-ring (bicyclic) bond motifs is 3. The number of carboxylic acid groups (broad SMARTS) is 1. The van der Waals surface area contributed by atoms with E-state index < -0.39 is 18.1 Å². The topological polar surface area (TPSA) is 75.6 Å². The van der Waals surface area contributed by atoms with Gasteiger partial charge in [-0.15, -0.1) is 0 Å². The van der Waals surface area contributed by atoms with Crippen LogP contribution in [0.3, 0.4) is 0 Å². The second-order valence-electron chi connectivity index (χ2n) is 8.77. The summed E-state index contributed by atoms with van der Waals surface area (Å²) < 4.78 is 5.52. The van der Waals surface area contributed by atoms with Crippen molar-refractivity contribution in [1.29, 1.82) is 0 Å². The zero-order chi connectivity index (χ0) is 25.1. The lowest BCUT2D eigenvalue weighted by molar-refractivity contribution is -0.139. The molecule has 5 nitrogen and oxygen atoms in total. The zero-order valence-electron chi connectivity index (χ0n) is 19.4. The molecule has 0 spiro atoms. The van der Waals surface area contributed by atoms with Crippen molar-refractivity contribution in [3.63, 3.8) is 0 Å². The number of benzene rings is 4. The predicted octanol–water partition coefficient (Wildman–Crippen LogP) is 6.54. The number of amides is 1. The molecule has 0 aliphatic heterocycles. The average molecular weight is 498 g/mol. The smallest absolute Gasteiger partial charge is 0.407 e. The summed E-state index contributed by atoms with van der Waals surface area (Å²) in [4.78, 5) is 24.5. The van der Waals surface area contributed by atoms with Crippen LogP contribution in [-0.4, -0.2) is 29.8 Å². The van der Waals surface area contributed by atoms with Crippen LogP contribution in [0.2, 0.25) is 5.02 Å². The normalized spacial score (nSPS) is 12.9. The van der Waals surface area contributed by atoms with Crippen LogP contribution in [0.25, 0.3) is 22.3 Å². The minimum Gasteiger partial charge on any atom is -0.480 e. The molecule has 6 heteroatoms. The summed E-state index contributed by atoms with van der Waals surface area (Å²) >= 11 is 5.96. The van der Waals surface area contributed by atoms with E-state index in [1.807, 2.05) is 84.9 Å². The fraction of sp³-hybridized carbons (Fsp3) is 0.133. The highest BCUT2D eigenvalue weighted by atomic mass is 35.5. The van der Waals surface area contributed by atoms with Gasteiger partial charge in [-0.3, -0.25) is 0 Å². The van der Waals surface area contributed by atoms with Crippen LogP contribution in [0.15, 0.2) is 97.1 Å². The Labute approximate surface area is 214 Å². The number of carbonyl (C=O) groups is 2. The third kappa shape index (κ3) is 4.97. The van der Waals surface area contributed by atoms with Crippen molar-refractivity contribution in [2.45, 2.75) is 18.4 Å². The van der Waals surface area contributed by atoms with Gasteiger partial charge in [0.25, 0.3) is 0 Å². The predicted molar refractivity (Wildman–Crippen MR) is 140 cm³/mol. The highest BCUT2D eigenvalue weighted by molar-refractivity contribution is 6.30. The van der Waals surface area contributed by atoms with E-state index in [0.717, 1.165) is 38.9 Å². The standard InChI is InChI=1S/C30H24ClNO4/c31-22-15-13-21(14-16-22)20-11-9-19(10-12-20)17-28(29(33)34)32-30(35)36-18-27-25-7-3-1-5-23(25)24-6-2-4-8-26(24)27/h1-16,27-28H,17-18H2,(H,32,35)(H,33,34)/t28-/m0/s1. The van der Waals surface area contributed by atoms with Crippen LogP contribution >= 0.6 is 11.6 Å². The third-order valence-electron chi connectivity index (χ3n) is 6.51. The van der Waals surface area contributed by atoms with Crippen molar-refractivity contribution in [3.8, 4) is 22.3 Å². The lowest BCUT2D eigenvalue weighted by Crippen LogP contribution is -2.42. The molecule has 1 amide bonds. The fourth-order valence-electron chi connectivity index (χ4n) is 4.69. The summed E-state index contributed by atoms with van der Waals surface area (Å²) in [6.45, 7) is 0.127. The molecule has 4 aromatic carbocycles. The molecule has 0 heterocycles. The molecule has 0 unspecified atom stereocenters. The highest BCUT2D eigenvalue weighted by Gasteiger charge is 2.29. The molecule has 0 fully saturated rings. The average Bonchev–Trinajstić information content (AvgIpc) is 3.22. The van der Waals surface area contributed by atoms with Crippen molar-refractivity contribution in [3.05, 3.63) is 119 Å². The van der Waals surface area contributed by atoms with Gasteiger partial charge < -0.3 is 15.2 Å². The van der Waals surface area contributed by atoms with Crippen molar-refractivity contribution in [2.75, 3.05) is 6.61 Å². The molecule has 36 heavy (non-hydrogen) atoms. The molecule has 5 rings (SSSR count). The number of ether oxygens (including phenoxy) is 1. The van der Waals surface area contributed by atoms with Crippen LogP contribution in [-0.2, 0) is 16.0 Å². The zero-order valence-corrected chi connectivity index (χ0v) is 20.1. The Hall–Kier alpha value is -4.09. The van der Waals surface area contributed by atoms with Crippen molar-refractivity contribution in [1.82, 2.24) is 5.32 Å². The van der Waals surface area contributed by atoms with E-state index in [1.165, 1.54) is 0 Å². The molecular formula is C30H24ClNO4. The van der Waals surface area contributed by atoms with Gasteiger partial charge in [-0.1, -0.05) is 96.5 Å². The first kappa shape index (κ1) is 23.6. The molecule has 0 radical (unpaired) electrons. The van der Waals surface area contributed by atoms with Crippen LogP contribution in [0.5, 0.6) is 0 Å². The number of nitrogens with one attached hydrogen (secondary N) is 1. The number of carbonyl (C=O) groups excluding carboxylic acids is 1. The summed E-state index contributed by atoms with van der Waals surface area (Å²) in [6, 6.07) is 30.1. The highest BCUT2D eigenvalue weighted by Crippen LogP contribution is 2.44. The summed E-state index contributed by atoms with van der Waals surface area (Å²) in [7, 11) is 0. The molecular weight excluding hydrogens is 474 g/mol. The monoisotopic (exact) mass is 497 g/mol. The molecule has 1 aliphatic carbocycles. The van der Waals surface area contributed by atoms with Crippen LogP contribution in [0.4, 0.5) is 4.79 Å². The van der Waals surface area contributed by atoms with E-state index in [0.29, 0.717) is 5.02 Å². The largest absolute Gasteiger partial charge is 0.480 e. The van der Waals surface area contributed by atoms with Crippen LogP contribution in [0, 0.1) is 0 Å². The molecule has 1 aliphatic rings. The van der Waals surface area contributed by atoms with E-state index in [2.05, 4.69) is 17.4 Å². The fourth-order valence-corrected chi connectivity index (χ4v) is 4.82. The summed E-state index contributed by atoms with van der Waals surface area (Å²) in [6.07, 6.45) is -0.609. The molecule has 2 N–H and O–H groups in total. The maximum absolute atomic E-state index is 12.6. The van der Waals surface area contributed by atoms with Crippen molar-refractivity contribution < 1.29 is 19.4 Å². The van der Waals surface area contributed by atoms with Crippen molar-refractivity contribution in [2.24, 2.45) is 0 Å². The lowest BCUT2D eigenvalue weighted by Gasteiger charge is -2.17. The minimum absolute atomic E-state index is 0.0909. The summed E-state index contributed by atoms with van der Waals surface area (Å²) in [5, 5.41) is 12.9. The van der Waals surface area contributed by atoms with E-state index >= 15 is 0 Å². The maximum atomic E-state index is 12.6. The molecule has 0 saturated heterocycles. The number of aliphatic carboxylic acids is 1. The van der Waals surface area contributed by atoms with Gasteiger partial charge >= 0.3 is 12.1 Å². The minimum atomic E-state index is -1.12. The second-order valence-corrected chi connectivity index (χ2v) is 9.21. The molecule has 1 atom stereocenters. The number of rotatable bonds is 7. The Morgan fingerprint density at radius 3 is 1.89 bits per heavy atom. The van der Waals surface area contributed by atoms with Gasteiger partial charge in [-0.2, -0.15) is 0 Å². The Bertz CT molecular complexity index is 1350. The van der Waals surface area contributed by atoms with Gasteiger partial charge in [0.1, 0.15) is 12.6 Å². The van der Waals surface area contributed by atoms with E-state index in [-0.39, 0.29) is 18.9 Å². The van der Waals surface area contributed by atoms with Crippen LogP contribution in [0.1, 0.15) is 22.6 Å². The lowest BCUT2D eigenvalue weighted by atomic mass is 9.98. The van der Waals surface area contributed by atoms with E-state index in [1.54, 1.807) is 0 Å². The van der Waals surface area contributed by atoms with E-state index in [4.69, 9.17) is 16.3 Å². The summed E-state index contributed by atoms with van der Waals surface area (Å²) in [5.74, 6) is -1.21. The second kappa shape index (κ2) is 10.3. The Morgan fingerprint density at radius 1 is 0.806 bits per heavy atom. The Morgan fingerprint density at radius 2 is 1.33 bits per heavy atom. The van der Waals surface area contributed by atoms with E-state index in [9.17, 15) is 14.7 Å². The van der Waals surface area contributed by atoms with Gasteiger partial charge in [-0.05, 0) is 51.1 Å². The number of carboxylic acids is 1. The number of halogens is 1. The number of hydrogen-bond donors (Lipinski definition) is 2. The molecule has 0 saturated carbocycles.